The summed E-state index contributed by atoms with van der Waals surface area (Å²) in [5.41, 5.74) is 5.91. The lowest BCUT2D eigenvalue weighted by Gasteiger charge is -1.89. The first-order valence-corrected chi connectivity index (χ1v) is 4.37. The van der Waals surface area contributed by atoms with Crippen LogP contribution in [0.5, 0.6) is 0 Å². The molecule has 0 unspecified atom stereocenters. The molecule has 3 nitrogen and oxygen atoms in total. The maximum Gasteiger partial charge on any atom is 0.259 e. The van der Waals surface area contributed by atoms with Crippen molar-refractivity contribution in [3.8, 4) is 6.07 Å². The van der Waals surface area contributed by atoms with E-state index >= 15 is 0 Å². The molecule has 0 saturated heterocycles. The third kappa shape index (κ3) is 3.49. The van der Waals surface area contributed by atoms with Crippen LogP contribution in [-0.4, -0.2) is 5.91 Å². The normalized spacial score (nSPS) is 11.3. The number of nitrogens with zero attached hydrogens (tertiary/aromatic N) is 1. The zero-order chi connectivity index (χ0) is 11.1. The van der Waals surface area contributed by atoms with Crippen molar-refractivity contribution >= 4 is 12.0 Å². The second-order valence-electron chi connectivity index (χ2n) is 2.83. The number of primary amides is 1. The molecule has 15 heavy (non-hydrogen) atoms. The van der Waals surface area contributed by atoms with Gasteiger partial charge < -0.3 is 5.73 Å². The number of hydrogen-bond acceptors (Lipinski definition) is 2. The number of carbonyl (C=O) groups excluding carboxylic acids is 1. The fourth-order valence-corrected chi connectivity index (χ4v) is 0.994. The van der Waals surface area contributed by atoms with Crippen molar-refractivity contribution in [2.24, 2.45) is 5.73 Å². The third-order valence-electron chi connectivity index (χ3n) is 1.74. The summed E-state index contributed by atoms with van der Waals surface area (Å²) < 4.78 is 0. The van der Waals surface area contributed by atoms with Gasteiger partial charge in [0.2, 0.25) is 0 Å². The molecule has 0 radical (unpaired) electrons. The molecule has 0 aromatic heterocycles. The number of nitrogens with two attached hydrogens (primary N) is 1. The average Bonchev–Trinajstić information content (AvgIpc) is 2.25. The minimum atomic E-state index is -0.713. The van der Waals surface area contributed by atoms with Crippen LogP contribution in [0.3, 0.4) is 0 Å². The number of rotatable bonds is 3. The van der Waals surface area contributed by atoms with E-state index in [1.165, 1.54) is 6.08 Å². The highest BCUT2D eigenvalue weighted by molar-refractivity contribution is 5.96. The number of benzene rings is 1. The van der Waals surface area contributed by atoms with E-state index in [2.05, 4.69) is 0 Å². The molecule has 1 rings (SSSR count). The minimum Gasteiger partial charge on any atom is -0.365 e. The molecular formula is C12H10N2O. The fraction of sp³-hybridized carbons (Fsp3) is 0. The molecule has 0 heterocycles. The molecule has 0 aliphatic heterocycles. The van der Waals surface area contributed by atoms with Crippen LogP contribution in [0.2, 0.25) is 0 Å². The predicted octanol–water partition coefficient (Wildman–Crippen LogP) is 1.64. The maximum absolute atomic E-state index is 10.7. The van der Waals surface area contributed by atoms with E-state index in [9.17, 15) is 4.79 Å². The topological polar surface area (TPSA) is 66.9 Å². The highest BCUT2D eigenvalue weighted by atomic mass is 16.1. The molecule has 0 spiro atoms. The summed E-state index contributed by atoms with van der Waals surface area (Å²) in [5, 5.41) is 8.54. The van der Waals surface area contributed by atoms with Gasteiger partial charge >= 0.3 is 0 Å². The quantitative estimate of drug-likeness (QED) is 0.455. The third-order valence-corrected chi connectivity index (χ3v) is 1.74. The zero-order valence-electron chi connectivity index (χ0n) is 8.05. The Morgan fingerprint density at radius 3 is 2.53 bits per heavy atom. The van der Waals surface area contributed by atoms with Crippen LogP contribution in [0.4, 0.5) is 0 Å². The van der Waals surface area contributed by atoms with Crippen molar-refractivity contribution < 1.29 is 4.79 Å². The van der Waals surface area contributed by atoms with Gasteiger partial charge in [0.15, 0.2) is 0 Å². The van der Waals surface area contributed by atoms with Gasteiger partial charge in [-0.15, -0.1) is 0 Å². The van der Waals surface area contributed by atoms with Crippen LogP contribution in [0, 0.1) is 11.3 Å². The van der Waals surface area contributed by atoms with E-state index in [0.29, 0.717) is 0 Å². The lowest BCUT2D eigenvalue weighted by molar-refractivity contribution is -0.114. The highest BCUT2D eigenvalue weighted by Crippen LogP contribution is 2.01. The Labute approximate surface area is 88.1 Å². The summed E-state index contributed by atoms with van der Waals surface area (Å²) in [7, 11) is 0. The van der Waals surface area contributed by atoms with E-state index in [0.717, 1.165) is 5.56 Å². The van der Waals surface area contributed by atoms with Gasteiger partial charge in [-0.05, 0) is 11.6 Å². The molecule has 0 fully saturated rings. The van der Waals surface area contributed by atoms with Crippen molar-refractivity contribution in [1.29, 1.82) is 5.26 Å². The van der Waals surface area contributed by atoms with Gasteiger partial charge in [0.1, 0.15) is 11.6 Å². The molecule has 1 amide bonds. The molecule has 3 heteroatoms. The molecular weight excluding hydrogens is 188 g/mol. The molecule has 1 aromatic rings. The van der Waals surface area contributed by atoms with Gasteiger partial charge in [-0.3, -0.25) is 4.79 Å². The van der Waals surface area contributed by atoms with Crippen LogP contribution >= 0.6 is 0 Å². The van der Waals surface area contributed by atoms with Crippen molar-refractivity contribution in [1.82, 2.24) is 0 Å². The number of hydrogen-bond donors (Lipinski definition) is 1. The SMILES string of the molecule is N#C/C(=C\C=C/c1ccccc1)C(N)=O. The summed E-state index contributed by atoms with van der Waals surface area (Å²) in [5.74, 6) is -0.713. The number of amides is 1. The summed E-state index contributed by atoms with van der Waals surface area (Å²) in [4.78, 5) is 10.7. The number of nitriles is 1. The van der Waals surface area contributed by atoms with Crippen LogP contribution < -0.4 is 5.73 Å². The Bertz CT molecular complexity index is 438. The lowest BCUT2D eigenvalue weighted by atomic mass is 10.2. The Balaban J connectivity index is 2.76. The molecule has 2 N–H and O–H groups in total. The van der Waals surface area contributed by atoms with E-state index in [1.807, 2.05) is 30.3 Å². The second kappa shape index (κ2) is 5.40. The second-order valence-corrected chi connectivity index (χ2v) is 2.83. The monoisotopic (exact) mass is 198 g/mol. The summed E-state index contributed by atoms with van der Waals surface area (Å²) in [6.45, 7) is 0. The van der Waals surface area contributed by atoms with Crippen LogP contribution in [0.25, 0.3) is 6.08 Å². The first kappa shape index (κ1) is 10.7. The lowest BCUT2D eigenvalue weighted by Crippen LogP contribution is -2.12. The smallest absolute Gasteiger partial charge is 0.259 e. The molecule has 74 valence electrons. The molecule has 0 aliphatic rings. The molecule has 0 bridgehead atoms. The largest absolute Gasteiger partial charge is 0.365 e. The van der Waals surface area contributed by atoms with Crippen molar-refractivity contribution in [2.45, 2.75) is 0 Å². The maximum atomic E-state index is 10.7. The molecule has 0 aliphatic carbocycles. The van der Waals surface area contributed by atoms with Gasteiger partial charge in [-0.25, -0.2) is 0 Å². The van der Waals surface area contributed by atoms with Crippen LogP contribution in [-0.2, 0) is 4.79 Å². The van der Waals surface area contributed by atoms with Gasteiger partial charge in [-0.1, -0.05) is 42.5 Å². The number of carbonyl (C=O) groups is 1. The van der Waals surface area contributed by atoms with E-state index in [-0.39, 0.29) is 5.57 Å². The molecule has 1 aromatic carbocycles. The zero-order valence-corrected chi connectivity index (χ0v) is 8.05. The summed E-state index contributed by atoms with van der Waals surface area (Å²) >= 11 is 0. The minimum absolute atomic E-state index is 0.0535. The summed E-state index contributed by atoms with van der Waals surface area (Å²) in [6, 6.07) is 11.3. The van der Waals surface area contributed by atoms with Crippen LogP contribution in [0.1, 0.15) is 5.56 Å². The predicted molar refractivity (Wildman–Crippen MR) is 58.4 cm³/mol. The molecule has 0 saturated carbocycles. The first-order chi connectivity index (χ1) is 7.24. The van der Waals surface area contributed by atoms with Crippen molar-refractivity contribution in [2.75, 3.05) is 0 Å². The Kier molecular flexibility index (Phi) is 3.87. The van der Waals surface area contributed by atoms with Gasteiger partial charge in [0.05, 0.1) is 0 Å². The van der Waals surface area contributed by atoms with E-state index in [1.54, 1.807) is 18.2 Å². The standard InChI is InChI=1S/C12H10N2O/c13-9-11(12(14)15)8-4-7-10-5-2-1-3-6-10/h1-8H,(H2,14,15)/b7-4-,11-8+. The Morgan fingerprint density at radius 2 is 2.00 bits per heavy atom. The van der Waals surface area contributed by atoms with Crippen molar-refractivity contribution in [3.63, 3.8) is 0 Å². The van der Waals surface area contributed by atoms with Crippen molar-refractivity contribution in [3.05, 3.63) is 53.6 Å². The molecule has 0 atom stereocenters. The van der Waals surface area contributed by atoms with Crippen LogP contribution in [0.15, 0.2) is 48.1 Å². The fourth-order valence-electron chi connectivity index (χ4n) is 0.994. The highest BCUT2D eigenvalue weighted by Gasteiger charge is 1.99. The van der Waals surface area contributed by atoms with E-state index in [4.69, 9.17) is 11.0 Å². The number of allylic oxidation sites excluding steroid dienone is 2. The van der Waals surface area contributed by atoms with Gasteiger partial charge in [0, 0.05) is 0 Å². The Morgan fingerprint density at radius 1 is 1.33 bits per heavy atom. The van der Waals surface area contributed by atoms with Gasteiger partial charge in [-0.2, -0.15) is 5.26 Å². The average molecular weight is 198 g/mol. The van der Waals surface area contributed by atoms with E-state index < -0.39 is 5.91 Å². The van der Waals surface area contributed by atoms with Gasteiger partial charge in [0.25, 0.3) is 5.91 Å². The first-order valence-electron chi connectivity index (χ1n) is 4.37. The Hall–Kier alpha value is -2.34. The summed E-state index contributed by atoms with van der Waals surface area (Å²) in [6.07, 6.45) is 4.81.